The number of aliphatic hydroxyl groups is 2. The van der Waals surface area contributed by atoms with Crippen molar-refractivity contribution in [3.8, 4) is 0 Å². The van der Waals surface area contributed by atoms with E-state index in [1.54, 1.807) is 30.2 Å². The van der Waals surface area contributed by atoms with Crippen LogP contribution in [0.2, 0.25) is 0 Å². The van der Waals surface area contributed by atoms with Crippen molar-refractivity contribution in [2.75, 3.05) is 19.7 Å². The lowest BCUT2D eigenvalue weighted by Crippen LogP contribution is -2.67. The lowest BCUT2D eigenvalue weighted by molar-refractivity contribution is -0.175. The highest BCUT2D eigenvalue weighted by atomic mass is 16.6. The van der Waals surface area contributed by atoms with Crippen LogP contribution in [0.5, 0.6) is 0 Å². The fourth-order valence-corrected chi connectivity index (χ4v) is 10.2. The zero-order chi connectivity index (χ0) is 28.6. The van der Waals surface area contributed by atoms with E-state index in [-0.39, 0.29) is 41.1 Å². The molecule has 0 aliphatic heterocycles. The third-order valence-electron chi connectivity index (χ3n) is 12.2. The number of rotatable bonds is 7. The first-order valence-electron chi connectivity index (χ1n) is 15.3. The summed E-state index contributed by atoms with van der Waals surface area (Å²) in [6.45, 7) is 9.45. The van der Waals surface area contributed by atoms with Crippen molar-refractivity contribution in [1.82, 2.24) is 4.90 Å². The molecule has 1 unspecified atom stereocenters. The average Bonchev–Trinajstić information content (AvgIpc) is 3.55. The van der Waals surface area contributed by atoms with Crippen LogP contribution in [0.25, 0.3) is 0 Å². The number of fused-ring (bicyclic) bond motifs is 1. The predicted molar refractivity (Wildman–Crippen MR) is 150 cm³/mol. The molecular weight excluding hydrogens is 506 g/mol. The molecule has 0 radical (unpaired) electrons. The smallest absolute Gasteiger partial charge is 0.409 e. The standard InChI is InChI=1S/C33H45NO6/c1-5-17-34(28(37)39-6-2)21-32(38)14-11-26-30(32,4)13-10-25-29(3)12-9-22(35)19-31(29)15-16-33(25,26)23(20-31)27(36)24-8-7-18-40-24/h7-8,15-16,18,20,22,25-26,35,38H,5-6,9-14,17,19,21H2,1-4H3/t22?,25-,26-,29-,30+,31+,32-,33-/m1/s1. The topological polar surface area (TPSA) is 100 Å². The second kappa shape index (κ2) is 9.32. The van der Waals surface area contributed by atoms with Gasteiger partial charge in [0, 0.05) is 28.4 Å². The van der Waals surface area contributed by atoms with Gasteiger partial charge in [-0.3, -0.25) is 4.79 Å². The molecule has 0 saturated heterocycles. The summed E-state index contributed by atoms with van der Waals surface area (Å²) in [5, 5.41) is 23.3. The molecular formula is C33H45NO6. The largest absolute Gasteiger partial charge is 0.461 e. The van der Waals surface area contributed by atoms with E-state index >= 15 is 0 Å². The monoisotopic (exact) mass is 551 g/mol. The van der Waals surface area contributed by atoms with Gasteiger partial charge in [0.25, 0.3) is 0 Å². The molecule has 3 fully saturated rings. The fraction of sp³-hybridized carbons (Fsp3) is 0.697. The van der Waals surface area contributed by atoms with E-state index in [2.05, 4.69) is 32.1 Å². The van der Waals surface area contributed by atoms with Crippen LogP contribution >= 0.6 is 0 Å². The van der Waals surface area contributed by atoms with Crippen molar-refractivity contribution in [1.29, 1.82) is 0 Å². The SMILES string of the molecule is CCCN(C[C@]1(O)CC[C@H]2[C@]34C=C[C@@]5(C=C3C(=O)c3ccco3)CC(O)CC[C@]5(C)[C@H]4CC[C@@]21C)C(=O)OCC. The molecule has 7 heteroatoms. The van der Waals surface area contributed by atoms with Crippen LogP contribution in [0.1, 0.15) is 89.6 Å². The fourth-order valence-electron chi connectivity index (χ4n) is 10.2. The van der Waals surface area contributed by atoms with Gasteiger partial charge in [-0.15, -0.1) is 0 Å². The summed E-state index contributed by atoms with van der Waals surface area (Å²) in [6, 6.07) is 3.49. The molecule has 2 N–H and O–H groups in total. The van der Waals surface area contributed by atoms with E-state index in [4.69, 9.17) is 9.15 Å². The minimum atomic E-state index is -1.10. The van der Waals surface area contributed by atoms with Crippen LogP contribution in [0, 0.1) is 33.5 Å². The quantitative estimate of drug-likeness (QED) is 0.322. The molecule has 8 atom stereocenters. The van der Waals surface area contributed by atoms with E-state index in [0.29, 0.717) is 31.8 Å². The summed E-state index contributed by atoms with van der Waals surface area (Å²) < 4.78 is 11.0. The van der Waals surface area contributed by atoms with Crippen molar-refractivity contribution in [2.45, 2.75) is 90.8 Å². The summed E-state index contributed by atoms with van der Waals surface area (Å²) in [6.07, 6.45) is 13.7. The van der Waals surface area contributed by atoms with Gasteiger partial charge in [0.1, 0.15) is 0 Å². The van der Waals surface area contributed by atoms with Gasteiger partial charge < -0.3 is 24.3 Å². The Kier molecular flexibility index (Phi) is 6.47. The van der Waals surface area contributed by atoms with Gasteiger partial charge in [-0.25, -0.2) is 4.79 Å². The second-order valence-corrected chi connectivity index (χ2v) is 13.7. The molecule has 7 nitrogen and oxygen atoms in total. The van der Waals surface area contributed by atoms with Crippen molar-refractivity contribution in [3.05, 3.63) is 48.0 Å². The number of aliphatic hydroxyl groups excluding tert-OH is 1. The molecule has 1 amide bonds. The van der Waals surface area contributed by atoms with E-state index in [1.165, 1.54) is 0 Å². The molecule has 218 valence electrons. The molecule has 1 heterocycles. The Hall–Kier alpha value is -2.38. The first-order valence-corrected chi connectivity index (χ1v) is 15.3. The van der Waals surface area contributed by atoms with Gasteiger partial charge in [0.05, 0.1) is 31.1 Å². The number of ketones is 1. The van der Waals surface area contributed by atoms with Gasteiger partial charge in [0.2, 0.25) is 5.78 Å². The molecule has 7 rings (SSSR count). The van der Waals surface area contributed by atoms with E-state index < -0.39 is 22.5 Å². The molecule has 1 aromatic heterocycles. The number of carbonyl (C=O) groups excluding carboxylic acids is 2. The van der Waals surface area contributed by atoms with Crippen molar-refractivity contribution in [3.63, 3.8) is 0 Å². The molecule has 1 aromatic rings. The highest BCUT2D eigenvalue weighted by Crippen LogP contribution is 2.78. The second-order valence-electron chi connectivity index (χ2n) is 13.7. The van der Waals surface area contributed by atoms with Gasteiger partial charge >= 0.3 is 6.09 Å². The Morgan fingerprint density at radius 3 is 2.50 bits per heavy atom. The van der Waals surface area contributed by atoms with Crippen LogP contribution in [-0.2, 0) is 4.74 Å². The molecule has 2 bridgehead atoms. The molecule has 40 heavy (non-hydrogen) atoms. The highest BCUT2D eigenvalue weighted by molar-refractivity contribution is 6.08. The first-order chi connectivity index (χ1) is 19.0. The van der Waals surface area contributed by atoms with Crippen LogP contribution in [0.3, 0.4) is 0 Å². The normalized spacial score (nSPS) is 43.0. The summed E-state index contributed by atoms with van der Waals surface area (Å²) in [4.78, 5) is 28.8. The maximum atomic E-state index is 14.2. The Morgan fingerprint density at radius 1 is 1.07 bits per heavy atom. The minimum absolute atomic E-state index is 0.0257. The zero-order valence-corrected chi connectivity index (χ0v) is 24.4. The van der Waals surface area contributed by atoms with Crippen LogP contribution < -0.4 is 0 Å². The number of nitrogens with zero attached hydrogens (tertiary/aromatic N) is 1. The molecule has 6 aliphatic carbocycles. The number of hydrogen-bond donors (Lipinski definition) is 2. The summed E-state index contributed by atoms with van der Waals surface area (Å²) in [5.74, 6) is 0.498. The Bertz CT molecular complexity index is 1240. The third kappa shape index (κ3) is 3.49. The summed E-state index contributed by atoms with van der Waals surface area (Å²) >= 11 is 0. The molecule has 2 spiro atoms. The predicted octanol–water partition coefficient (Wildman–Crippen LogP) is 5.92. The Morgan fingerprint density at radius 2 is 1.80 bits per heavy atom. The lowest BCUT2D eigenvalue weighted by Gasteiger charge is -2.71. The first kappa shape index (κ1) is 27.8. The Balaban J connectivity index is 1.46. The zero-order valence-electron chi connectivity index (χ0n) is 24.4. The maximum absolute atomic E-state index is 14.2. The Labute approximate surface area is 237 Å². The number of amides is 1. The lowest BCUT2D eigenvalue weighted by atomic mass is 9.32. The van der Waals surface area contributed by atoms with Crippen molar-refractivity contribution < 1.29 is 29.0 Å². The number of allylic oxidation sites excluding steroid dienone is 4. The third-order valence-corrected chi connectivity index (χ3v) is 12.2. The van der Waals surface area contributed by atoms with Crippen molar-refractivity contribution in [2.24, 2.45) is 33.5 Å². The van der Waals surface area contributed by atoms with Gasteiger partial charge in [-0.1, -0.05) is 39.0 Å². The van der Waals surface area contributed by atoms with E-state index in [1.807, 2.05) is 6.92 Å². The average molecular weight is 552 g/mol. The number of furan rings is 1. The summed E-state index contributed by atoms with van der Waals surface area (Å²) in [5.41, 5.74) is -1.83. The summed E-state index contributed by atoms with van der Waals surface area (Å²) in [7, 11) is 0. The minimum Gasteiger partial charge on any atom is -0.461 e. The number of carbonyl (C=O) groups is 2. The number of hydrogen-bond acceptors (Lipinski definition) is 6. The molecule has 6 aliphatic rings. The van der Waals surface area contributed by atoms with E-state index in [9.17, 15) is 19.8 Å². The van der Waals surface area contributed by atoms with Crippen molar-refractivity contribution >= 4 is 11.9 Å². The van der Waals surface area contributed by atoms with Gasteiger partial charge in [-0.2, -0.15) is 0 Å². The van der Waals surface area contributed by atoms with Crippen LogP contribution in [0.15, 0.2) is 46.6 Å². The van der Waals surface area contributed by atoms with E-state index in [0.717, 1.165) is 44.1 Å². The number of ether oxygens (including phenoxy) is 1. The molecule has 0 aromatic carbocycles. The van der Waals surface area contributed by atoms with Crippen LogP contribution in [0.4, 0.5) is 4.79 Å². The highest BCUT2D eigenvalue weighted by Gasteiger charge is 2.74. The van der Waals surface area contributed by atoms with Gasteiger partial charge in [0.15, 0.2) is 5.76 Å². The maximum Gasteiger partial charge on any atom is 0.409 e. The van der Waals surface area contributed by atoms with Crippen LogP contribution in [-0.4, -0.2) is 58.4 Å². The molecule has 3 saturated carbocycles. The number of Topliss-reactive ketones (excluding diaryl/α,β-unsaturated/α-hetero) is 1. The van der Waals surface area contributed by atoms with Gasteiger partial charge in [-0.05, 0) is 87.7 Å².